The second-order valence-corrected chi connectivity index (χ2v) is 3.59. The highest BCUT2D eigenvalue weighted by molar-refractivity contribution is 5.73. The normalized spacial score (nSPS) is 9.65. The monoisotopic (exact) mass is 223 g/mol. The third-order valence-corrected chi connectivity index (χ3v) is 2.52. The summed E-state index contributed by atoms with van der Waals surface area (Å²) >= 11 is 0. The van der Waals surface area contributed by atoms with Crippen LogP contribution >= 0.6 is 0 Å². The van der Waals surface area contributed by atoms with E-state index in [1.807, 2.05) is 55.5 Å². The van der Waals surface area contributed by atoms with Gasteiger partial charge in [0.05, 0.1) is 6.61 Å². The van der Waals surface area contributed by atoms with Gasteiger partial charge in [-0.3, -0.25) is 0 Å². The molecular weight excluding hydrogens is 210 g/mol. The van der Waals surface area contributed by atoms with Crippen LogP contribution in [-0.2, 0) is 0 Å². The molecule has 2 nitrogen and oxygen atoms in total. The molecule has 0 amide bonds. The van der Waals surface area contributed by atoms with Crippen LogP contribution in [-0.4, -0.2) is 6.61 Å². The van der Waals surface area contributed by atoms with Crippen LogP contribution in [0.1, 0.15) is 12.5 Å². The molecule has 0 fully saturated rings. The van der Waals surface area contributed by atoms with Crippen LogP contribution in [0.15, 0.2) is 48.5 Å². The molecule has 0 spiro atoms. The molecule has 2 aromatic rings. The lowest BCUT2D eigenvalue weighted by molar-refractivity contribution is 0.339. The number of ether oxygens (including phenoxy) is 1. The van der Waals surface area contributed by atoms with Crippen LogP contribution in [0.4, 0.5) is 0 Å². The van der Waals surface area contributed by atoms with Crippen molar-refractivity contribution in [2.75, 3.05) is 6.61 Å². The molecule has 0 atom stereocenters. The van der Waals surface area contributed by atoms with E-state index in [9.17, 15) is 5.26 Å². The van der Waals surface area contributed by atoms with Gasteiger partial charge in [0.15, 0.2) is 0 Å². The first-order chi connectivity index (χ1) is 8.36. The van der Waals surface area contributed by atoms with Gasteiger partial charge in [-0.05, 0) is 18.6 Å². The van der Waals surface area contributed by atoms with Crippen molar-refractivity contribution in [3.8, 4) is 22.9 Å². The highest BCUT2D eigenvalue weighted by Gasteiger charge is 2.09. The summed E-state index contributed by atoms with van der Waals surface area (Å²) in [6.45, 7) is 2.48. The fourth-order valence-corrected chi connectivity index (χ4v) is 1.78. The first kappa shape index (κ1) is 11.2. The predicted octanol–water partition coefficient (Wildman–Crippen LogP) is 3.62. The molecule has 0 radical (unpaired) electrons. The maximum absolute atomic E-state index is 9.26. The van der Waals surface area contributed by atoms with Gasteiger partial charge >= 0.3 is 0 Å². The van der Waals surface area contributed by atoms with Crippen LogP contribution in [0.2, 0.25) is 0 Å². The molecule has 0 aliphatic carbocycles. The van der Waals surface area contributed by atoms with Gasteiger partial charge in [0.1, 0.15) is 17.4 Å². The van der Waals surface area contributed by atoms with Crippen molar-refractivity contribution in [1.82, 2.24) is 0 Å². The smallest absolute Gasteiger partial charge is 0.137 e. The van der Waals surface area contributed by atoms with E-state index in [1.54, 1.807) is 0 Å². The molecule has 0 bridgehead atoms. The fraction of sp³-hybridized carbons (Fsp3) is 0.133. The SMILES string of the molecule is CCOc1cccc(-c2ccccc2)c1C#N. The van der Waals surface area contributed by atoms with E-state index < -0.39 is 0 Å². The number of hydrogen-bond donors (Lipinski definition) is 0. The predicted molar refractivity (Wildman–Crippen MR) is 67.8 cm³/mol. The number of nitrogens with zero attached hydrogens (tertiary/aromatic N) is 1. The van der Waals surface area contributed by atoms with Crippen LogP contribution < -0.4 is 4.74 Å². The molecular formula is C15H13NO. The molecule has 17 heavy (non-hydrogen) atoms. The maximum atomic E-state index is 9.26. The van der Waals surface area contributed by atoms with Crippen LogP contribution in [0.5, 0.6) is 5.75 Å². The topological polar surface area (TPSA) is 33.0 Å². The molecule has 84 valence electrons. The summed E-state index contributed by atoms with van der Waals surface area (Å²) in [5, 5.41) is 9.26. The van der Waals surface area contributed by atoms with Gasteiger partial charge in [-0.2, -0.15) is 5.26 Å². The molecule has 2 heteroatoms. The van der Waals surface area contributed by atoms with Crippen molar-refractivity contribution < 1.29 is 4.74 Å². The van der Waals surface area contributed by atoms with Gasteiger partial charge in [-0.15, -0.1) is 0 Å². The second-order valence-electron chi connectivity index (χ2n) is 3.59. The average Bonchev–Trinajstić information content (AvgIpc) is 2.40. The summed E-state index contributed by atoms with van der Waals surface area (Å²) in [7, 11) is 0. The van der Waals surface area contributed by atoms with Crippen molar-refractivity contribution in [1.29, 1.82) is 5.26 Å². The van der Waals surface area contributed by atoms with Crippen LogP contribution in [0, 0.1) is 11.3 Å². The van der Waals surface area contributed by atoms with Gasteiger partial charge in [0, 0.05) is 5.56 Å². The average molecular weight is 223 g/mol. The van der Waals surface area contributed by atoms with Crippen molar-refractivity contribution in [3.63, 3.8) is 0 Å². The first-order valence-corrected chi connectivity index (χ1v) is 5.58. The highest BCUT2D eigenvalue weighted by atomic mass is 16.5. The summed E-state index contributed by atoms with van der Waals surface area (Å²) in [5.74, 6) is 0.649. The van der Waals surface area contributed by atoms with Gasteiger partial charge in [0.2, 0.25) is 0 Å². The minimum atomic E-state index is 0.562. The van der Waals surface area contributed by atoms with E-state index in [4.69, 9.17) is 4.74 Å². The Labute approximate surface area is 101 Å². The summed E-state index contributed by atoms with van der Waals surface area (Å²) in [4.78, 5) is 0. The molecule has 0 aliphatic rings. The number of benzene rings is 2. The molecule has 0 saturated heterocycles. The van der Waals surface area contributed by atoms with Gasteiger partial charge in [0.25, 0.3) is 0 Å². The van der Waals surface area contributed by atoms with Crippen molar-refractivity contribution in [2.45, 2.75) is 6.92 Å². The quantitative estimate of drug-likeness (QED) is 0.796. The molecule has 0 unspecified atom stereocenters. The zero-order chi connectivity index (χ0) is 12.1. The third kappa shape index (κ3) is 2.29. The fourth-order valence-electron chi connectivity index (χ4n) is 1.78. The second kappa shape index (κ2) is 5.18. The van der Waals surface area contributed by atoms with Crippen LogP contribution in [0.25, 0.3) is 11.1 Å². The number of rotatable bonds is 3. The zero-order valence-corrected chi connectivity index (χ0v) is 9.68. The molecule has 0 aromatic heterocycles. The Bertz CT molecular complexity index is 541. The number of nitriles is 1. The van der Waals surface area contributed by atoms with E-state index >= 15 is 0 Å². The number of hydrogen-bond acceptors (Lipinski definition) is 2. The third-order valence-electron chi connectivity index (χ3n) is 2.52. The van der Waals surface area contributed by atoms with E-state index in [-0.39, 0.29) is 0 Å². The summed E-state index contributed by atoms with van der Waals surface area (Å²) in [6.07, 6.45) is 0. The molecule has 2 rings (SSSR count). The lowest BCUT2D eigenvalue weighted by Crippen LogP contribution is -1.95. The molecule has 2 aromatic carbocycles. The molecule has 0 saturated carbocycles. The summed E-state index contributed by atoms with van der Waals surface area (Å²) in [6, 6.07) is 17.8. The molecule has 0 heterocycles. The Kier molecular flexibility index (Phi) is 3.42. The van der Waals surface area contributed by atoms with Gasteiger partial charge in [-0.25, -0.2) is 0 Å². The minimum absolute atomic E-state index is 0.562. The van der Waals surface area contributed by atoms with E-state index in [1.165, 1.54) is 0 Å². The highest BCUT2D eigenvalue weighted by Crippen LogP contribution is 2.29. The van der Waals surface area contributed by atoms with Crippen molar-refractivity contribution >= 4 is 0 Å². The Balaban J connectivity index is 2.56. The zero-order valence-electron chi connectivity index (χ0n) is 9.68. The Hall–Kier alpha value is -2.27. The van der Waals surface area contributed by atoms with Crippen molar-refractivity contribution in [3.05, 3.63) is 54.1 Å². The Morgan fingerprint density at radius 1 is 1.06 bits per heavy atom. The lowest BCUT2D eigenvalue weighted by atomic mass is 10.00. The Morgan fingerprint density at radius 2 is 1.82 bits per heavy atom. The van der Waals surface area contributed by atoms with Crippen LogP contribution in [0.3, 0.4) is 0 Å². The Morgan fingerprint density at radius 3 is 2.47 bits per heavy atom. The van der Waals surface area contributed by atoms with Crippen molar-refractivity contribution in [2.24, 2.45) is 0 Å². The van der Waals surface area contributed by atoms with Gasteiger partial charge < -0.3 is 4.74 Å². The standard InChI is InChI=1S/C15H13NO/c1-2-17-15-10-6-9-13(14(15)11-16)12-7-4-3-5-8-12/h3-10H,2H2,1H3. The lowest BCUT2D eigenvalue weighted by Gasteiger charge is -2.09. The van der Waals surface area contributed by atoms with E-state index in [0.29, 0.717) is 17.9 Å². The minimum Gasteiger partial charge on any atom is -0.492 e. The first-order valence-electron chi connectivity index (χ1n) is 5.58. The summed E-state index contributed by atoms with van der Waals surface area (Å²) in [5.41, 5.74) is 2.55. The van der Waals surface area contributed by atoms with E-state index in [2.05, 4.69) is 6.07 Å². The summed E-state index contributed by atoms with van der Waals surface area (Å²) < 4.78 is 5.47. The molecule has 0 N–H and O–H groups in total. The largest absolute Gasteiger partial charge is 0.492 e. The van der Waals surface area contributed by atoms with Gasteiger partial charge in [-0.1, -0.05) is 42.5 Å². The molecule has 0 aliphatic heterocycles. The maximum Gasteiger partial charge on any atom is 0.137 e. The van der Waals surface area contributed by atoms with E-state index in [0.717, 1.165) is 11.1 Å².